The minimum atomic E-state index is -0.926. The summed E-state index contributed by atoms with van der Waals surface area (Å²) >= 11 is 0. The highest BCUT2D eigenvalue weighted by molar-refractivity contribution is 6.12. The molecular weight excluding hydrogens is 540 g/mol. The summed E-state index contributed by atoms with van der Waals surface area (Å²) in [6.45, 7) is 8.27. The second-order valence-electron chi connectivity index (χ2n) is 11.2. The van der Waals surface area contributed by atoms with Gasteiger partial charge in [0, 0.05) is 37.3 Å². The van der Waals surface area contributed by atoms with Crippen LogP contribution in [0.1, 0.15) is 65.4 Å². The van der Waals surface area contributed by atoms with Crippen molar-refractivity contribution in [3.8, 4) is 0 Å². The van der Waals surface area contributed by atoms with Crippen LogP contribution in [-0.2, 0) is 30.4 Å². The van der Waals surface area contributed by atoms with Gasteiger partial charge in [-0.2, -0.15) is 0 Å². The first-order valence-electron chi connectivity index (χ1n) is 14.4. The van der Waals surface area contributed by atoms with Crippen LogP contribution in [0.5, 0.6) is 0 Å². The number of primary amides is 1. The lowest BCUT2D eigenvalue weighted by Gasteiger charge is -2.25. The van der Waals surface area contributed by atoms with Gasteiger partial charge in [-0.25, -0.2) is 4.79 Å². The molecule has 0 saturated carbocycles. The van der Waals surface area contributed by atoms with Gasteiger partial charge in [-0.05, 0) is 61.6 Å². The lowest BCUT2D eigenvalue weighted by atomic mass is 10.0. The van der Waals surface area contributed by atoms with Crippen molar-refractivity contribution in [2.45, 2.75) is 78.3 Å². The van der Waals surface area contributed by atoms with Gasteiger partial charge in [-0.3, -0.25) is 28.9 Å². The summed E-state index contributed by atoms with van der Waals surface area (Å²) in [6.07, 6.45) is 4.93. The molecule has 1 aliphatic rings. The lowest BCUT2D eigenvalue weighted by molar-refractivity contribution is -0.136. The molecule has 12 heteroatoms. The summed E-state index contributed by atoms with van der Waals surface area (Å²) in [5.41, 5.74) is 6.86. The molecule has 1 aromatic carbocycles. The van der Waals surface area contributed by atoms with Crippen LogP contribution in [-0.4, -0.2) is 65.6 Å². The molecule has 2 rings (SSSR count). The minimum absolute atomic E-state index is 0.107. The molecule has 0 fully saturated rings. The van der Waals surface area contributed by atoms with Crippen molar-refractivity contribution in [3.05, 3.63) is 42.0 Å². The number of amides is 7. The molecule has 6 N–H and O–H groups in total. The Labute approximate surface area is 247 Å². The van der Waals surface area contributed by atoms with Crippen LogP contribution in [0.25, 0.3) is 0 Å². The highest BCUT2D eigenvalue weighted by Gasteiger charge is 2.29. The smallest absolute Gasteiger partial charge is 0.312 e. The molecule has 0 spiro atoms. The summed E-state index contributed by atoms with van der Waals surface area (Å²) in [4.78, 5) is 74.6. The monoisotopic (exact) mass is 584 g/mol. The van der Waals surface area contributed by atoms with Gasteiger partial charge in [0.1, 0.15) is 12.1 Å². The van der Waals surface area contributed by atoms with Crippen LogP contribution in [0.3, 0.4) is 0 Å². The van der Waals surface area contributed by atoms with Gasteiger partial charge in [0.25, 0.3) is 11.8 Å². The highest BCUT2D eigenvalue weighted by Crippen LogP contribution is 2.15. The maximum atomic E-state index is 13.3. The summed E-state index contributed by atoms with van der Waals surface area (Å²) < 4.78 is 0. The number of nitrogens with one attached hydrogen (secondary N) is 4. The maximum Gasteiger partial charge on any atom is 0.312 e. The van der Waals surface area contributed by atoms with Crippen LogP contribution in [0.2, 0.25) is 0 Å². The highest BCUT2D eigenvalue weighted by atomic mass is 16.2. The van der Waals surface area contributed by atoms with Crippen LogP contribution in [0.15, 0.2) is 36.4 Å². The third-order valence-corrected chi connectivity index (χ3v) is 6.67. The van der Waals surface area contributed by atoms with Crippen molar-refractivity contribution >= 4 is 41.3 Å². The molecule has 0 radical (unpaired) electrons. The van der Waals surface area contributed by atoms with E-state index < -0.39 is 29.9 Å². The number of rotatable bonds is 17. The predicted molar refractivity (Wildman–Crippen MR) is 159 cm³/mol. The minimum Gasteiger partial charge on any atom is -0.352 e. The van der Waals surface area contributed by atoms with Gasteiger partial charge in [-0.15, -0.1) is 0 Å². The maximum absolute atomic E-state index is 13.3. The van der Waals surface area contributed by atoms with E-state index in [9.17, 15) is 28.8 Å². The number of carbonyl (C=O) groups is 6. The van der Waals surface area contributed by atoms with Crippen molar-refractivity contribution in [1.82, 2.24) is 20.9 Å². The van der Waals surface area contributed by atoms with E-state index in [0.717, 1.165) is 16.9 Å². The normalized spacial score (nSPS) is 14.2. The van der Waals surface area contributed by atoms with Crippen LogP contribution in [0, 0.1) is 11.8 Å². The fraction of sp³-hybridized carbons (Fsp3) is 0.533. The summed E-state index contributed by atoms with van der Waals surface area (Å²) in [7, 11) is 0. The Kier molecular flexibility index (Phi) is 13.7. The van der Waals surface area contributed by atoms with Crippen molar-refractivity contribution in [2.75, 3.05) is 18.4 Å². The van der Waals surface area contributed by atoms with E-state index in [2.05, 4.69) is 35.1 Å². The van der Waals surface area contributed by atoms with Crippen molar-refractivity contribution < 1.29 is 28.8 Å². The average molecular weight is 585 g/mol. The van der Waals surface area contributed by atoms with E-state index in [1.807, 2.05) is 24.3 Å². The number of hydrogen-bond acceptors (Lipinski definition) is 6. The van der Waals surface area contributed by atoms with E-state index >= 15 is 0 Å². The molecule has 1 heterocycles. The largest absolute Gasteiger partial charge is 0.352 e. The molecule has 2 unspecified atom stereocenters. The Balaban J connectivity index is 1.97. The molecule has 12 nitrogen and oxygen atoms in total. The third kappa shape index (κ3) is 11.7. The van der Waals surface area contributed by atoms with Gasteiger partial charge >= 0.3 is 6.03 Å². The molecule has 0 bridgehead atoms. The lowest BCUT2D eigenvalue weighted by Crippen LogP contribution is -2.54. The number of benzene rings is 1. The molecule has 0 aliphatic carbocycles. The fourth-order valence-corrected chi connectivity index (χ4v) is 4.46. The standard InChI is InChI=1S/C30H44N6O6/c1-19(2)18-21-10-12-22(13-11-21)33-28(40)23(8-7-16-32-30(31)42)34-29(41)27(20(3)4)35-24(37)9-5-6-17-36-25(38)14-15-26(36)39/h10-15,19-20,23,27H,5-9,16-18H2,1-4H3,(H,33,40)(H,34,41)(H,35,37)(H3,31,32,42). The van der Waals surface area contributed by atoms with Crippen LogP contribution < -0.4 is 27.0 Å². The third-order valence-electron chi connectivity index (χ3n) is 6.67. The first kappa shape index (κ1) is 34.0. The predicted octanol–water partition coefficient (Wildman–Crippen LogP) is 1.99. The van der Waals surface area contributed by atoms with Gasteiger partial charge in [0.2, 0.25) is 17.7 Å². The average Bonchev–Trinajstić information content (AvgIpc) is 3.23. The van der Waals surface area contributed by atoms with E-state index in [1.54, 1.807) is 13.8 Å². The summed E-state index contributed by atoms with van der Waals surface area (Å²) in [5, 5.41) is 10.8. The molecule has 1 aliphatic heterocycles. The molecule has 2 atom stereocenters. The zero-order chi connectivity index (χ0) is 31.2. The quantitative estimate of drug-likeness (QED) is 0.138. The second kappa shape index (κ2) is 16.9. The summed E-state index contributed by atoms with van der Waals surface area (Å²) in [6, 6.07) is 5.02. The van der Waals surface area contributed by atoms with Crippen molar-refractivity contribution in [3.63, 3.8) is 0 Å². The Morgan fingerprint density at radius 3 is 2.07 bits per heavy atom. The van der Waals surface area contributed by atoms with Gasteiger partial charge < -0.3 is 27.0 Å². The number of unbranched alkanes of at least 4 members (excludes halogenated alkanes) is 1. The molecule has 0 saturated heterocycles. The molecular formula is C30H44N6O6. The SMILES string of the molecule is CC(C)Cc1ccc(NC(=O)C(CCCNC(N)=O)NC(=O)C(NC(=O)CCCCN2C(=O)C=CC2=O)C(C)C)cc1. The second-order valence-corrected chi connectivity index (χ2v) is 11.2. The zero-order valence-corrected chi connectivity index (χ0v) is 24.9. The van der Waals surface area contributed by atoms with Crippen molar-refractivity contribution in [1.29, 1.82) is 0 Å². The molecule has 0 aromatic heterocycles. The van der Waals surface area contributed by atoms with E-state index in [4.69, 9.17) is 5.73 Å². The Morgan fingerprint density at radius 1 is 0.857 bits per heavy atom. The number of anilines is 1. The number of urea groups is 1. The topological polar surface area (TPSA) is 180 Å². The summed E-state index contributed by atoms with van der Waals surface area (Å²) in [5.74, 6) is -1.79. The fourth-order valence-electron chi connectivity index (χ4n) is 4.46. The van der Waals surface area contributed by atoms with E-state index in [1.165, 1.54) is 12.2 Å². The number of imide groups is 1. The van der Waals surface area contributed by atoms with E-state index in [0.29, 0.717) is 30.9 Å². The number of carbonyl (C=O) groups excluding carboxylic acids is 6. The number of hydrogen-bond donors (Lipinski definition) is 5. The van der Waals surface area contributed by atoms with Gasteiger partial charge in [-0.1, -0.05) is 39.8 Å². The molecule has 42 heavy (non-hydrogen) atoms. The van der Waals surface area contributed by atoms with Gasteiger partial charge in [0.15, 0.2) is 0 Å². The zero-order valence-electron chi connectivity index (χ0n) is 24.9. The van der Waals surface area contributed by atoms with Gasteiger partial charge in [0.05, 0.1) is 0 Å². The number of nitrogens with zero attached hydrogens (tertiary/aromatic N) is 1. The molecule has 1 aromatic rings. The molecule has 7 amide bonds. The Morgan fingerprint density at radius 2 is 1.50 bits per heavy atom. The Hall–Kier alpha value is -4.22. The van der Waals surface area contributed by atoms with Crippen LogP contribution >= 0.6 is 0 Å². The van der Waals surface area contributed by atoms with E-state index in [-0.39, 0.29) is 49.6 Å². The molecule has 230 valence electrons. The van der Waals surface area contributed by atoms with Crippen molar-refractivity contribution in [2.24, 2.45) is 17.6 Å². The first-order valence-corrected chi connectivity index (χ1v) is 14.4. The first-order chi connectivity index (χ1) is 19.9. The van der Waals surface area contributed by atoms with Crippen LogP contribution in [0.4, 0.5) is 10.5 Å². The Bertz CT molecular complexity index is 1130. The number of nitrogens with two attached hydrogens (primary N) is 1.